The van der Waals surface area contributed by atoms with Crippen molar-refractivity contribution in [2.75, 3.05) is 5.32 Å². The number of hydrogen-bond acceptors (Lipinski definition) is 6. The lowest BCUT2D eigenvalue weighted by Crippen LogP contribution is -2.55. The number of piperidine rings is 1. The van der Waals surface area contributed by atoms with Crippen LogP contribution >= 0.6 is 0 Å². The fourth-order valence-corrected chi connectivity index (χ4v) is 5.61. The van der Waals surface area contributed by atoms with E-state index in [1.807, 2.05) is 6.07 Å². The lowest BCUT2D eigenvalue weighted by atomic mass is 9.77. The van der Waals surface area contributed by atoms with Crippen LogP contribution in [0.1, 0.15) is 46.5 Å². The van der Waals surface area contributed by atoms with Gasteiger partial charge in [0.25, 0.3) is 0 Å². The summed E-state index contributed by atoms with van der Waals surface area (Å²) in [6.45, 7) is 6.87. The Kier molecular flexibility index (Phi) is 4.93. The average molecular weight is 437 g/mol. The molecule has 2 bridgehead atoms. The smallest absolute Gasteiger partial charge is 0.148 e. The zero-order valence-electron chi connectivity index (χ0n) is 18.6. The van der Waals surface area contributed by atoms with Crippen LogP contribution in [0.5, 0.6) is 5.75 Å². The Morgan fingerprint density at radius 1 is 1.09 bits per heavy atom. The lowest BCUT2D eigenvalue weighted by molar-refractivity contribution is 0.160. The number of aromatic hydroxyl groups is 1. The highest BCUT2D eigenvalue weighted by atomic mass is 19.2. The summed E-state index contributed by atoms with van der Waals surface area (Å²) in [4.78, 5) is 0.236. The summed E-state index contributed by atoms with van der Waals surface area (Å²) >= 11 is 0. The van der Waals surface area contributed by atoms with Gasteiger partial charge in [-0.05, 0) is 70.6 Å². The van der Waals surface area contributed by atoms with E-state index < -0.39 is 0 Å². The van der Waals surface area contributed by atoms with Gasteiger partial charge in [-0.15, -0.1) is 20.2 Å². The Bertz CT molecular complexity index is 1110. The molecule has 4 heterocycles. The topological polar surface area (TPSA) is 87.9 Å². The van der Waals surface area contributed by atoms with Crippen molar-refractivity contribution >= 4 is 5.82 Å². The molecular formula is C24H29FN6O. The molecule has 2 aliphatic heterocycles. The van der Waals surface area contributed by atoms with Gasteiger partial charge >= 0.3 is 0 Å². The summed E-state index contributed by atoms with van der Waals surface area (Å²) in [7, 11) is 0. The van der Waals surface area contributed by atoms with Gasteiger partial charge in [-0.25, -0.2) is 0 Å². The van der Waals surface area contributed by atoms with Gasteiger partial charge in [0.05, 0.1) is 6.20 Å². The fraction of sp³-hybridized carbons (Fsp3) is 0.458. The number of para-hydroxylation sites is 1. The first-order valence-electron chi connectivity index (χ1n) is 11.2. The summed E-state index contributed by atoms with van der Waals surface area (Å²) in [6.07, 6.45) is 5.95. The highest BCUT2D eigenvalue weighted by Crippen LogP contribution is 2.45. The van der Waals surface area contributed by atoms with Crippen molar-refractivity contribution in [3.8, 4) is 28.3 Å². The molecule has 32 heavy (non-hydrogen) atoms. The van der Waals surface area contributed by atoms with Crippen molar-refractivity contribution in [2.24, 2.45) is 5.92 Å². The van der Waals surface area contributed by atoms with E-state index in [4.69, 9.17) is 0 Å². The Labute approximate surface area is 187 Å². The van der Waals surface area contributed by atoms with Gasteiger partial charge in [0.2, 0.25) is 0 Å². The fourth-order valence-electron chi connectivity index (χ4n) is 5.61. The van der Waals surface area contributed by atoms with E-state index >= 15 is 0 Å². The molecule has 2 fully saturated rings. The highest BCUT2D eigenvalue weighted by Gasteiger charge is 2.49. The molecule has 0 radical (unpaired) electrons. The first-order valence-corrected chi connectivity index (χ1v) is 11.2. The van der Waals surface area contributed by atoms with E-state index in [1.54, 1.807) is 30.3 Å². The second kappa shape index (κ2) is 7.55. The molecule has 7 nitrogen and oxygen atoms in total. The van der Waals surface area contributed by atoms with Crippen molar-refractivity contribution in [1.29, 1.82) is 0 Å². The van der Waals surface area contributed by atoms with Crippen LogP contribution in [0.4, 0.5) is 10.3 Å². The number of phenolic OH excluding ortho intramolecular Hbond substituents is 1. The number of nitrogens with zero attached hydrogens (tertiary/aromatic N) is 4. The molecule has 1 aromatic carbocycles. The normalized spacial score (nSPS) is 27.9. The Hall–Kier alpha value is -3.00. The molecule has 0 saturated carbocycles. The van der Waals surface area contributed by atoms with Gasteiger partial charge in [-0.1, -0.05) is 22.7 Å². The summed E-state index contributed by atoms with van der Waals surface area (Å²) in [6, 6.07) is 10.7. The van der Waals surface area contributed by atoms with Gasteiger partial charge in [0.1, 0.15) is 23.0 Å². The number of anilines is 1. The number of rotatable bonds is 5. The molecule has 2 saturated heterocycles. The monoisotopic (exact) mass is 436 g/mol. The van der Waals surface area contributed by atoms with E-state index in [9.17, 15) is 9.59 Å². The minimum absolute atomic E-state index is 0.0557. The van der Waals surface area contributed by atoms with Crippen LogP contribution in [-0.2, 0) is 0 Å². The van der Waals surface area contributed by atoms with E-state index in [0.717, 1.165) is 12.8 Å². The van der Waals surface area contributed by atoms with Crippen molar-refractivity contribution < 1.29 is 9.59 Å². The second-order valence-corrected chi connectivity index (χ2v) is 9.95. The molecule has 0 spiro atoms. The van der Waals surface area contributed by atoms with Crippen LogP contribution in [0.2, 0.25) is 0 Å². The molecular weight excluding hydrogens is 407 g/mol. The van der Waals surface area contributed by atoms with Crippen LogP contribution < -0.4 is 10.6 Å². The van der Waals surface area contributed by atoms with E-state index in [1.165, 1.54) is 19.0 Å². The Morgan fingerprint density at radius 2 is 1.81 bits per heavy atom. The highest BCUT2D eigenvalue weighted by molar-refractivity contribution is 5.81. The number of aromatic nitrogens is 4. The summed E-state index contributed by atoms with van der Waals surface area (Å²) in [5.74, 6) is 1.29. The first-order chi connectivity index (χ1) is 15.2. The molecule has 2 aromatic heterocycles. The zero-order valence-corrected chi connectivity index (χ0v) is 18.6. The zero-order chi connectivity index (χ0) is 22.5. The van der Waals surface area contributed by atoms with Gasteiger partial charge in [-0.3, -0.25) is 0 Å². The van der Waals surface area contributed by atoms with E-state index in [-0.39, 0.29) is 27.8 Å². The lowest BCUT2D eigenvalue weighted by Gasteiger charge is -2.44. The number of benzene rings is 1. The molecule has 3 N–H and O–H groups in total. The minimum Gasteiger partial charge on any atom is -0.507 e. The quantitative estimate of drug-likeness (QED) is 0.544. The number of hydrogen-bond donors (Lipinski definition) is 3. The minimum atomic E-state index is 0.0557. The summed E-state index contributed by atoms with van der Waals surface area (Å²) < 4.78 is 13.9. The van der Waals surface area contributed by atoms with E-state index in [2.05, 4.69) is 46.7 Å². The average Bonchev–Trinajstić information content (AvgIpc) is 3.24. The molecule has 2 aliphatic rings. The van der Waals surface area contributed by atoms with Crippen LogP contribution in [0, 0.1) is 5.92 Å². The second-order valence-electron chi connectivity index (χ2n) is 9.95. The third kappa shape index (κ3) is 3.83. The van der Waals surface area contributed by atoms with Gasteiger partial charge in [-0.2, -0.15) is 0 Å². The number of nitrogens with one attached hydrogen (secondary N) is 2. The van der Waals surface area contributed by atoms with Crippen LogP contribution in [0.25, 0.3) is 22.5 Å². The standard InChI is InChI=1S/C24H29FN6O/c1-15(16-12-23(2)10-11-24(3,13-16)30-23)26-21-9-8-19(27-28-21)22-18(14-31(25)29-22)17-6-4-5-7-20(17)32/h4-9,14-16,30,32H,10-13H2,1-3H3,(H,26,28). The third-order valence-electron chi connectivity index (χ3n) is 7.13. The molecule has 0 aliphatic carbocycles. The molecule has 3 unspecified atom stereocenters. The number of fused-ring (bicyclic) bond motifs is 2. The molecule has 5 rings (SSSR count). The predicted molar refractivity (Wildman–Crippen MR) is 122 cm³/mol. The molecule has 3 atom stereocenters. The Morgan fingerprint density at radius 3 is 2.47 bits per heavy atom. The van der Waals surface area contributed by atoms with Crippen LogP contribution in [0.3, 0.4) is 0 Å². The molecule has 0 amide bonds. The number of halogens is 1. The Balaban J connectivity index is 1.34. The maximum Gasteiger partial charge on any atom is 0.148 e. The van der Waals surface area contributed by atoms with Crippen molar-refractivity contribution in [2.45, 2.75) is 63.6 Å². The molecule has 3 aromatic rings. The predicted octanol–water partition coefficient (Wildman–Crippen LogP) is 4.56. The SMILES string of the molecule is CC(Nc1ccc(-c2nn(F)cc2-c2ccccc2O)nn1)C1CC2(C)CCC(C)(C1)N2. The molecule has 168 valence electrons. The summed E-state index contributed by atoms with van der Waals surface area (Å²) in [5.41, 5.74) is 2.16. The first kappa shape index (κ1) is 20.9. The maximum absolute atomic E-state index is 13.9. The van der Waals surface area contributed by atoms with Crippen LogP contribution in [-0.4, -0.2) is 42.4 Å². The third-order valence-corrected chi connectivity index (χ3v) is 7.13. The maximum atomic E-state index is 13.9. The largest absolute Gasteiger partial charge is 0.507 e. The van der Waals surface area contributed by atoms with Crippen molar-refractivity contribution in [3.05, 3.63) is 42.6 Å². The van der Waals surface area contributed by atoms with Gasteiger partial charge in [0, 0.05) is 28.2 Å². The van der Waals surface area contributed by atoms with Gasteiger partial charge in [0.15, 0.2) is 0 Å². The molecule has 8 heteroatoms. The van der Waals surface area contributed by atoms with Crippen molar-refractivity contribution in [1.82, 2.24) is 25.5 Å². The van der Waals surface area contributed by atoms with Crippen molar-refractivity contribution in [3.63, 3.8) is 0 Å². The number of phenols is 1. The van der Waals surface area contributed by atoms with Crippen LogP contribution in [0.15, 0.2) is 42.6 Å². The van der Waals surface area contributed by atoms with E-state index in [0.29, 0.717) is 34.3 Å². The van der Waals surface area contributed by atoms with Gasteiger partial charge < -0.3 is 15.7 Å². The summed E-state index contributed by atoms with van der Waals surface area (Å²) in [5, 5.41) is 30.1.